The van der Waals surface area contributed by atoms with Gasteiger partial charge in [0.15, 0.2) is 0 Å². The fourth-order valence-corrected chi connectivity index (χ4v) is 3.74. The molecule has 4 heteroatoms. The molecule has 1 amide bonds. The first-order chi connectivity index (χ1) is 11.1. The minimum atomic E-state index is -0.359. The van der Waals surface area contributed by atoms with E-state index in [2.05, 4.69) is 47.8 Å². The third-order valence-electron chi connectivity index (χ3n) is 5.14. The molecule has 0 radical (unpaired) electrons. The van der Waals surface area contributed by atoms with E-state index in [-0.39, 0.29) is 29.8 Å². The van der Waals surface area contributed by atoms with Crippen molar-refractivity contribution in [3.8, 4) is 0 Å². The molecule has 0 spiro atoms. The molecule has 3 rings (SSSR count). The lowest BCUT2D eigenvalue weighted by Gasteiger charge is -2.37. The van der Waals surface area contributed by atoms with Crippen molar-refractivity contribution >= 4 is 29.1 Å². The van der Waals surface area contributed by atoms with Crippen LogP contribution in [0.3, 0.4) is 0 Å². The first-order valence-electron chi connectivity index (χ1n) is 8.61. The highest BCUT2D eigenvalue weighted by molar-refractivity contribution is 5.86. The van der Waals surface area contributed by atoms with Gasteiger partial charge in [0, 0.05) is 12.1 Å². The number of hydrogen-bond donors (Lipinski definition) is 2. The smallest absolute Gasteiger partial charge is 0.224 e. The highest BCUT2D eigenvalue weighted by Gasteiger charge is 2.37. The van der Waals surface area contributed by atoms with Crippen molar-refractivity contribution in [2.45, 2.75) is 44.6 Å². The number of nitrogens with two attached hydrogens (primary N) is 1. The van der Waals surface area contributed by atoms with Gasteiger partial charge in [0.1, 0.15) is 0 Å². The van der Waals surface area contributed by atoms with Gasteiger partial charge in [-0.25, -0.2) is 0 Å². The van der Waals surface area contributed by atoms with Gasteiger partial charge >= 0.3 is 0 Å². The Hall–Kier alpha value is -1.58. The summed E-state index contributed by atoms with van der Waals surface area (Å²) in [5.74, 6) is 0.0682. The predicted octanol–water partition coefficient (Wildman–Crippen LogP) is 3.83. The molecule has 3 N–H and O–H groups in total. The summed E-state index contributed by atoms with van der Waals surface area (Å²) in [5, 5.41) is 5.62. The van der Waals surface area contributed by atoms with Gasteiger partial charge in [-0.2, -0.15) is 0 Å². The number of carbonyl (C=O) groups is 1. The largest absolute Gasteiger partial charge is 0.355 e. The van der Waals surface area contributed by atoms with Crippen LogP contribution in [0, 0.1) is 5.92 Å². The molecule has 0 aromatic heterocycles. The summed E-state index contributed by atoms with van der Waals surface area (Å²) in [7, 11) is 0. The van der Waals surface area contributed by atoms with Crippen LogP contribution < -0.4 is 11.1 Å². The Labute approximate surface area is 150 Å². The standard InChI is InChI=1S/C20H26N2O.ClH/c1-20(21)13-5-4-11-18(20)19(23)22-14-12-16-9-6-8-15-7-2-3-10-17(15)16;/h2-3,6-10,18H,4-5,11-14,21H2,1H3,(H,22,23);1H. The number of fused-ring (bicyclic) bond motifs is 1. The molecule has 130 valence electrons. The van der Waals surface area contributed by atoms with Crippen LogP contribution in [0.5, 0.6) is 0 Å². The zero-order valence-electron chi connectivity index (χ0n) is 14.3. The van der Waals surface area contributed by atoms with Crippen molar-refractivity contribution in [3.05, 3.63) is 48.0 Å². The van der Waals surface area contributed by atoms with Gasteiger partial charge in [-0.3, -0.25) is 4.79 Å². The van der Waals surface area contributed by atoms with Crippen LogP contribution in [-0.2, 0) is 11.2 Å². The maximum Gasteiger partial charge on any atom is 0.224 e. The lowest BCUT2D eigenvalue weighted by atomic mass is 9.74. The molecule has 2 aromatic rings. The summed E-state index contributed by atoms with van der Waals surface area (Å²) in [6.45, 7) is 2.68. The summed E-state index contributed by atoms with van der Waals surface area (Å²) in [5.41, 5.74) is 7.24. The summed E-state index contributed by atoms with van der Waals surface area (Å²) in [6, 6.07) is 14.7. The Bertz CT molecular complexity index is 694. The van der Waals surface area contributed by atoms with E-state index < -0.39 is 0 Å². The van der Waals surface area contributed by atoms with E-state index in [1.807, 2.05) is 6.92 Å². The first-order valence-corrected chi connectivity index (χ1v) is 8.61. The van der Waals surface area contributed by atoms with E-state index in [0.717, 1.165) is 32.1 Å². The average Bonchev–Trinajstić information content (AvgIpc) is 2.54. The second kappa shape index (κ2) is 8.00. The topological polar surface area (TPSA) is 55.1 Å². The molecule has 0 aliphatic heterocycles. The van der Waals surface area contributed by atoms with Gasteiger partial charge in [-0.15, -0.1) is 12.4 Å². The summed E-state index contributed by atoms with van der Waals surface area (Å²) in [4.78, 5) is 12.5. The molecule has 1 fully saturated rings. The zero-order valence-corrected chi connectivity index (χ0v) is 15.1. The molecule has 1 saturated carbocycles. The monoisotopic (exact) mass is 346 g/mol. The highest BCUT2D eigenvalue weighted by atomic mass is 35.5. The van der Waals surface area contributed by atoms with Crippen LogP contribution in [0.15, 0.2) is 42.5 Å². The highest BCUT2D eigenvalue weighted by Crippen LogP contribution is 2.31. The summed E-state index contributed by atoms with van der Waals surface area (Å²) >= 11 is 0. The summed E-state index contributed by atoms with van der Waals surface area (Å²) in [6.07, 6.45) is 4.93. The number of halogens is 1. The van der Waals surface area contributed by atoms with E-state index in [9.17, 15) is 4.79 Å². The Morgan fingerprint density at radius 2 is 1.96 bits per heavy atom. The molecule has 0 heterocycles. The number of amides is 1. The second-order valence-electron chi connectivity index (χ2n) is 6.98. The maximum absolute atomic E-state index is 12.5. The van der Waals surface area contributed by atoms with Crippen molar-refractivity contribution in [3.63, 3.8) is 0 Å². The van der Waals surface area contributed by atoms with Crippen molar-refractivity contribution in [1.29, 1.82) is 0 Å². The number of rotatable bonds is 4. The SMILES string of the molecule is CC1(N)CCCCC1C(=O)NCCc1cccc2ccccc12.Cl. The number of benzene rings is 2. The molecule has 2 atom stereocenters. The van der Waals surface area contributed by atoms with Gasteiger partial charge in [0.2, 0.25) is 5.91 Å². The normalized spacial score (nSPS) is 23.5. The van der Waals surface area contributed by atoms with Gasteiger partial charge in [-0.05, 0) is 42.5 Å². The van der Waals surface area contributed by atoms with Crippen molar-refractivity contribution in [2.75, 3.05) is 6.54 Å². The Kier molecular flexibility index (Phi) is 6.25. The van der Waals surface area contributed by atoms with E-state index in [4.69, 9.17) is 5.73 Å². The molecular weight excluding hydrogens is 320 g/mol. The van der Waals surface area contributed by atoms with E-state index in [1.165, 1.54) is 16.3 Å². The second-order valence-corrected chi connectivity index (χ2v) is 6.98. The van der Waals surface area contributed by atoms with Gasteiger partial charge in [0.05, 0.1) is 5.92 Å². The molecule has 3 nitrogen and oxygen atoms in total. The Morgan fingerprint density at radius 3 is 2.75 bits per heavy atom. The molecule has 0 bridgehead atoms. The lowest BCUT2D eigenvalue weighted by molar-refractivity contribution is -0.128. The van der Waals surface area contributed by atoms with Crippen LogP contribution in [0.2, 0.25) is 0 Å². The molecule has 0 saturated heterocycles. The van der Waals surface area contributed by atoms with Crippen molar-refractivity contribution < 1.29 is 4.79 Å². The zero-order chi connectivity index (χ0) is 16.3. The van der Waals surface area contributed by atoms with Crippen molar-refractivity contribution in [1.82, 2.24) is 5.32 Å². The van der Waals surface area contributed by atoms with Crippen LogP contribution in [0.25, 0.3) is 10.8 Å². The number of carbonyl (C=O) groups excluding carboxylic acids is 1. The molecule has 24 heavy (non-hydrogen) atoms. The fraction of sp³-hybridized carbons (Fsp3) is 0.450. The molecule has 2 aromatic carbocycles. The Balaban J connectivity index is 0.00000208. The lowest BCUT2D eigenvalue weighted by Crippen LogP contribution is -2.53. The van der Waals surface area contributed by atoms with E-state index >= 15 is 0 Å². The van der Waals surface area contributed by atoms with Crippen molar-refractivity contribution in [2.24, 2.45) is 11.7 Å². The maximum atomic E-state index is 12.5. The van der Waals surface area contributed by atoms with Gasteiger partial charge in [0.25, 0.3) is 0 Å². The summed E-state index contributed by atoms with van der Waals surface area (Å²) < 4.78 is 0. The average molecular weight is 347 g/mol. The first kappa shape index (κ1) is 18.8. The van der Waals surface area contributed by atoms with Gasteiger partial charge in [-0.1, -0.05) is 55.3 Å². The third-order valence-corrected chi connectivity index (χ3v) is 5.14. The van der Waals surface area contributed by atoms with E-state index in [1.54, 1.807) is 0 Å². The minimum absolute atomic E-state index is 0. The van der Waals surface area contributed by atoms with Gasteiger partial charge < -0.3 is 11.1 Å². The molecule has 2 unspecified atom stereocenters. The van der Waals surface area contributed by atoms with Crippen LogP contribution in [0.4, 0.5) is 0 Å². The van der Waals surface area contributed by atoms with Crippen LogP contribution >= 0.6 is 12.4 Å². The Morgan fingerprint density at radius 1 is 1.21 bits per heavy atom. The minimum Gasteiger partial charge on any atom is -0.355 e. The number of hydrogen-bond acceptors (Lipinski definition) is 2. The molecular formula is C20H27ClN2O. The fourth-order valence-electron chi connectivity index (χ4n) is 3.74. The molecule has 1 aliphatic rings. The predicted molar refractivity (Wildman–Crippen MR) is 102 cm³/mol. The molecule has 1 aliphatic carbocycles. The van der Waals surface area contributed by atoms with E-state index in [0.29, 0.717) is 6.54 Å². The quantitative estimate of drug-likeness (QED) is 0.884. The van der Waals surface area contributed by atoms with Crippen LogP contribution in [0.1, 0.15) is 38.2 Å². The number of nitrogens with one attached hydrogen (secondary N) is 1. The van der Waals surface area contributed by atoms with Crippen LogP contribution in [-0.4, -0.2) is 18.0 Å². The third kappa shape index (κ3) is 4.08.